The molecule has 1 heterocycles. The summed E-state index contributed by atoms with van der Waals surface area (Å²) >= 11 is 0. The molecule has 2 rings (SSSR count). The molecule has 2 nitrogen and oxygen atoms in total. The van der Waals surface area contributed by atoms with Crippen molar-refractivity contribution in [1.82, 2.24) is 10.2 Å². The zero-order valence-electron chi connectivity index (χ0n) is 10.1. The molecule has 1 fully saturated rings. The fourth-order valence-corrected chi connectivity index (χ4v) is 2.67. The molecule has 0 saturated carbocycles. The SMILES string of the molecule is CC(C)N1CCC(NC2CC=CC2)CC1. The average molecular weight is 208 g/mol. The summed E-state index contributed by atoms with van der Waals surface area (Å²) in [7, 11) is 0. The molecule has 0 spiro atoms. The van der Waals surface area contributed by atoms with Gasteiger partial charge in [-0.15, -0.1) is 0 Å². The van der Waals surface area contributed by atoms with Crippen molar-refractivity contribution in [2.24, 2.45) is 0 Å². The van der Waals surface area contributed by atoms with Crippen molar-refractivity contribution >= 4 is 0 Å². The van der Waals surface area contributed by atoms with Crippen LogP contribution in [0.2, 0.25) is 0 Å². The van der Waals surface area contributed by atoms with Crippen LogP contribution >= 0.6 is 0 Å². The number of likely N-dealkylation sites (tertiary alicyclic amines) is 1. The molecule has 0 aromatic carbocycles. The molecule has 0 aromatic rings. The number of nitrogens with one attached hydrogen (secondary N) is 1. The zero-order chi connectivity index (χ0) is 10.7. The maximum absolute atomic E-state index is 3.79. The Morgan fingerprint density at radius 2 is 1.67 bits per heavy atom. The molecule has 1 N–H and O–H groups in total. The number of rotatable bonds is 3. The second-order valence-electron chi connectivity index (χ2n) is 5.21. The van der Waals surface area contributed by atoms with Crippen LogP contribution in [0.3, 0.4) is 0 Å². The van der Waals surface area contributed by atoms with E-state index in [1.165, 1.54) is 38.8 Å². The molecule has 2 aliphatic rings. The van der Waals surface area contributed by atoms with Gasteiger partial charge in [0.15, 0.2) is 0 Å². The summed E-state index contributed by atoms with van der Waals surface area (Å²) in [6.45, 7) is 7.15. The first-order valence-corrected chi connectivity index (χ1v) is 6.41. The van der Waals surface area contributed by atoms with E-state index in [0.717, 1.165) is 18.1 Å². The van der Waals surface area contributed by atoms with Crippen molar-refractivity contribution in [3.8, 4) is 0 Å². The van der Waals surface area contributed by atoms with Gasteiger partial charge in [-0.05, 0) is 52.6 Å². The largest absolute Gasteiger partial charge is 0.311 e. The minimum atomic E-state index is 0.721. The van der Waals surface area contributed by atoms with Gasteiger partial charge in [-0.1, -0.05) is 12.2 Å². The maximum Gasteiger partial charge on any atom is 0.0139 e. The fraction of sp³-hybridized carbons (Fsp3) is 0.846. The Bertz CT molecular complexity index is 207. The molecular formula is C13H24N2. The number of hydrogen-bond acceptors (Lipinski definition) is 2. The molecule has 0 amide bonds. The Morgan fingerprint density at radius 3 is 2.20 bits per heavy atom. The van der Waals surface area contributed by atoms with E-state index in [-0.39, 0.29) is 0 Å². The predicted molar refractivity (Wildman–Crippen MR) is 65.0 cm³/mol. The first kappa shape index (κ1) is 11.2. The van der Waals surface area contributed by atoms with Crippen LogP contribution in [0.25, 0.3) is 0 Å². The van der Waals surface area contributed by atoms with Crippen molar-refractivity contribution in [2.45, 2.75) is 57.7 Å². The van der Waals surface area contributed by atoms with Crippen molar-refractivity contribution in [2.75, 3.05) is 13.1 Å². The lowest BCUT2D eigenvalue weighted by molar-refractivity contribution is 0.157. The average Bonchev–Trinajstić information content (AvgIpc) is 2.71. The van der Waals surface area contributed by atoms with Crippen LogP contribution in [0, 0.1) is 0 Å². The molecule has 15 heavy (non-hydrogen) atoms. The molecule has 0 aromatic heterocycles. The third-order valence-corrected chi connectivity index (χ3v) is 3.74. The van der Waals surface area contributed by atoms with Gasteiger partial charge in [-0.25, -0.2) is 0 Å². The Morgan fingerprint density at radius 1 is 1.07 bits per heavy atom. The number of nitrogens with zero attached hydrogens (tertiary/aromatic N) is 1. The molecule has 0 radical (unpaired) electrons. The van der Waals surface area contributed by atoms with E-state index in [1.807, 2.05) is 0 Å². The van der Waals surface area contributed by atoms with Gasteiger partial charge in [0, 0.05) is 18.1 Å². The van der Waals surface area contributed by atoms with Crippen LogP contribution in [-0.4, -0.2) is 36.1 Å². The highest BCUT2D eigenvalue weighted by Crippen LogP contribution is 2.16. The van der Waals surface area contributed by atoms with E-state index >= 15 is 0 Å². The summed E-state index contributed by atoms with van der Waals surface area (Å²) in [4.78, 5) is 2.59. The Balaban J connectivity index is 1.69. The van der Waals surface area contributed by atoms with E-state index in [1.54, 1.807) is 0 Å². The van der Waals surface area contributed by atoms with Crippen LogP contribution in [-0.2, 0) is 0 Å². The smallest absolute Gasteiger partial charge is 0.0139 e. The van der Waals surface area contributed by atoms with E-state index < -0.39 is 0 Å². The Labute approximate surface area is 93.7 Å². The molecular weight excluding hydrogens is 184 g/mol. The summed E-state index contributed by atoms with van der Waals surface area (Å²) in [5.41, 5.74) is 0. The summed E-state index contributed by atoms with van der Waals surface area (Å²) < 4.78 is 0. The lowest BCUT2D eigenvalue weighted by Crippen LogP contribution is -2.47. The first-order valence-electron chi connectivity index (χ1n) is 6.41. The van der Waals surface area contributed by atoms with Crippen LogP contribution in [0.5, 0.6) is 0 Å². The molecule has 1 aliphatic carbocycles. The Hall–Kier alpha value is -0.340. The number of hydrogen-bond donors (Lipinski definition) is 1. The van der Waals surface area contributed by atoms with Crippen LogP contribution in [0.4, 0.5) is 0 Å². The summed E-state index contributed by atoms with van der Waals surface area (Å²) in [5, 5.41) is 3.79. The molecule has 2 heteroatoms. The van der Waals surface area contributed by atoms with Gasteiger partial charge < -0.3 is 10.2 Å². The molecule has 86 valence electrons. The van der Waals surface area contributed by atoms with Crippen molar-refractivity contribution in [1.29, 1.82) is 0 Å². The normalized spacial score (nSPS) is 25.5. The lowest BCUT2D eigenvalue weighted by Gasteiger charge is -2.36. The van der Waals surface area contributed by atoms with Gasteiger partial charge >= 0.3 is 0 Å². The molecule has 1 saturated heterocycles. The highest BCUT2D eigenvalue weighted by molar-refractivity contribution is 4.99. The summed E-state index contributed by atoms with van der Waals surface area (Å²) in [6.07, 6.45) is 9.75. The molecule has 0 bridgehead atoms. The van der Waals surface area contributed by atoms with Crippen LogP contribution in [0.15, 0.2) is 12.2 Å². The lowest BCUT2D eigenvalue weighted by atomic mass is 10.0. The van der Waals surface area contributed by atoms with Gasteiger partial charge in [0.25, 0.3) is 0 Å². The summed E-state index contributed by atoms with van der Waals surface area (Å²) in [6, 6.07) is 2.23. The minimum Gasteiger partial charge on any atom is -0.311 e. The van der Waals surface area contributed by atoms with Crippen LogP contribution < -0.4 is 5.32 Å². The highest BCUT2D eigenvalue weighted by Gasteiger charge is 2.22. The highest BCUT2D eigenvalue weighted by atomic mass is 15.2. The van der Waals surface area contributed by atoms with E-state index in [4.69, 9.17) is 0 Å². The molecule has 0 unspecified atom stereocenters. The standard InChI is InChI=1S/C13H24N2/c1-11(2)15-9-7-13(8-10-15)14-12-5-3-4-6-12/h3-4,11-14H,5-10H2,1-2H3. The van der Waals surface area contributed by atoms with Gasteiger partial charge in [-0.3, -0.25) is 0 Å². The number of piperidine rings is 1. The predicted octanol–water partition coefficient (Wildman–Crippen LogP) is 2.17. The topological polar surface area (TPSA) is 15.3 Å². The van der Waals surface area contributed by atoms with Crippen LogP contribution in [0.1, 0.15) is 39.5 Å². The summed E-state index contributed by atoms with van der Waals surface area (Å²) in [5.74, 6) is 0. The third kappa shape index (κ3) is 3.05. The van der Waals surface area contributed by atoms with Gasteiger partial charge in [0.1, 0.15) is 0 Å². The van der Waals surface area contributed by atoms with Crippen molar-refractivity contribution in [3.63, 3.8) is 0 Å². The second kappa shape index (κ2) is 5.13. The van der Waals surface area contributed by atoms with Gasteiger partial charge in [-0.2, -0.15) is 0 Å². The minimum absolute atomic E-state index is 0.721. The molecule has 0 atom stereocenters. The maximum atomic E-state index is 3.79. The van der Waals surface area contributed by atoms with E-state index in [9.17, 15) is 0 Å². The monoisotopic (exact) mass is 208 g/mol. The molecule has 1 aliphatic heterocycles. The second-order valence-corrected chi connectivity index (χ2v) is 5.21. The Kier molecular flexibility index (Phi) is 3.81. The van der Waals surface area contributed by atoms with Crippen molar-refractivity contribution < 1.29 is 0 Å². The quantitative estimate of drug-likeness (QED) is 0.715. The zero-order valence-corrected chi connectivity index (χ0v) is 10.1. The van der Waals surface area contributed by atoms with E-state index in [2.05, 4.69) is 36.2 Å². The van der Waals surface area contributed by atoms with Gasteiger partial charge in [0.05, 0.1) is 0 Å². The fourth-order valence-electron chi connectivity index (χ4n) is 2.67. The van der Waals surface area contributed by atoms with E-state index in [0.29, 0.717) is 0 Å². The van der Waals surface area contributed by atoms with Gasteiger partial charge in [0.2, 0.25) is 0 Å². The first-order chi connectivity index (χ1) is 7.25. The third-order valence-electron chi connectivity index (χ3n) is 3.74. The van der Waals surface area contributed by atoms with Crippen molar-refractivity contribution in [3.05, 3.63) is 12.2 Å².